The van der Waals surface area contributed by atoms with Crippen LogP contribution in [-0.2, 0) is 6.42 Å². The van der Waals surface area contributed by atoms with Gasteiger partial charge in [-0.25, -0.2) is 4.99 Å². The molecule has 8 unspecified atom stereocenters. The van der Waals surface area contributed by atoms with Crippen molar-refractivity contribution in [1.82, 2.24) is 20.1 Å². The van der Waals surface area contributed by atoms with Crippen molar-refractivity contribution in [2.45, 2.75) is 107 Å². The fourth-order valence-electron chi connectivity index (χ4n) is 13.2. The number of aromatic nitrogens is 1. The number of nitrogens with one attached hydrogen (secondary N) is 2. The van der Waals surface area contributed by atoms with E-state index in [-0.39, 0.29) is 12.3 Å². The molecule has 2 N–H and O–H groups in total. The van der Waals surface area contributed by atoms with Crippen molar-refractivity contribution in [1.29, 1.82) is 0 Å². The first-order valence-corrected chi connectivity index (χ1v) is 24.6. The van der Waals surface area contributed by atoms with Gasteiger partial charge in [0.15, 0.2) is 0 Å². The van der Waals surface area contributed by atoms with Gasteiger partial charge >= 0.3 is 0 Å². The number of hydrogen-bond donors (Lipinski definition) is 2. The molecular weight excluding hydrogens is 779 g/mol. The van der Waals surface area contributed by atoms with Gasteiger partial charge in [-0.05, 0) is 122 Å². The van der Waals surface area contributed by atoms with Crippen LogP contribution in [0.4, 0.5) is 0 Å². The van der Waals surface area contributed by atoms with Crippen molar-refractivity contribution in [3.8, 4) is 0 Å². The van der Waals surface area contributed by atoms with E-state index in [0.717, 1.165) is 76.5 Å². The smallest absolute Gasteiger partial charge is 0.127 e. The number of benzene rings is 1. The van der Waals surface area contributed by atoms with Gasteiger partial charge in [-0.1, -0.05) is 146 Å². The highest BCUT2D eigenvalue weighted by atomic mass is 15.3. The van der Waals surface area contributed by atoms with Gasteiger partial charge in [-0.3, -0.25) is 5.32 Å². The van der Waals surface area contributed by atoms with Crippen LogP contribution >= 0.6 is 0 Å². The monoisotopic (exact) mass is 837 g/mol. The molecule has 0 spiro atoms. The molecule has 9 aliphatic carbocycles. The molecule has 64 heavy (non-hydrogen) atoms. The van der Waals surface area contributed by atoms with E-state index in [2.05, 4.69) is 172 Å². The molecule has 5 nitrogen and oxygen atoms in total. The minimum absolute atomic E-state index is 0.0330. The quantitative estimate of drug-likeness (QED) is 0.285. The van der Waals surface area contributed by atoms with E-state index in [0.29, 0.717) is 35.8 Å². The van der Waals surface area contributed by atoms with Crippen molar-refractivity contribution < 1.29 is 0 Å². The fourth-order valence-corrected chi connectivity index (χ4v) is 13.2. The summed E-state index contributed by atoms with van der Waals surface area (Å²) < 4.78 is 2.77. The molecule has 0 radical (unpaired) electrons. The summed E-state index contributed by atoms with van der Waals surface area (Å²) in [6.07, 6.45) is 63.3. The number of allylic oxidation sites excluding steroid dienone is 18. The molecule has 8 atom stereocenters. The first kappa shape index (κ1) is 38.5. The number of nitrogens with zero attached hydrogens (tertiary/aromatic N) is 3. The molecule has 1 aromatic carbocycles. The summed E-state index contributed by atoms with van der Waals surface area (Å²) in [4.78, 5) is 8.45. The third-order valence-corrected chi connectivity index (χ3v) is 16.2. The van der Waals surface area contributed by atoms with Crippen LogP contribution < -0.4 is 21.2 Å². The second kappa shape index (κ2) is 16.0. The van der Waals surface area contributed by atoms with Gasteiger partial charge in [0, 0.05) is 51.9 Å². The van der Waals surface area contributed by atoms with Crippen LogP contribution in [0.1, 0.15) is 98.9 Å². The van der Waals surface area contributed by atoms with E-state index in [1.54, 1.807) is 0 Å². The van der Waals surface area contributed by atoms with Crippen LogP contribution in [0, 0.1) is 17.8 Å². The second-order valence-electron chi connectivity index (χ2n) is 19.7. The molecule has 0 bridgehead atoms. The number of likely N-dealkylation sites (tertiary alicyclic amines) is 1. The Kier molecular flexibility index (Phi) is 9.61. The van der Waals surface area contributed by atoms with Gasteiger partial charge in [0.05, 0.1) is 23.3 Å². The lowest BCUT2D eigenvalue weighted by Gasteiger charge is -2.40. The number of amidine groups is 1. The zero-order valence-electron chi connectivity index (χ0n) is 36.9. The third kappa shape index (κ3) is 6.40. The standard InChI is InChI=1S/C59H59N5/c1-3-16-38(17-4-1)42-22-15-23-44(36-42)59-61-57(40-19-5-2-6-20-40)60-58(62-59)41-30-33-45(34-31-41)63-51-28-13-11-26-48(51)50-37-43-21-8-10-25-47(43)55(56(50)63)64-52-29-14-12-27-49(52)54-46-24-9-7-18-39(46)32-35-53(54)64/h1-3,5,7-12,15-16,18-19,22-27,30,32-33,35,37,43-44,49,52-54,57,59,61H,4,6,13-14,17,20-21,28-29,31,34,36H2,(H,60,62). The topological polar surface area (TPSA) is 44.6 Å². The maximum Gasteiger partial charge on any atom is 0.127 e. The lowest BCUT2D eigenvalue weighted by Crippen LogP contribution is -2.58. The number of fused-ring (bicyclic) bond motifs is 9. The van der Waals surface area contributed by atoms with Crippen molar-refractivity contribution in [3.63, 3.8) is 0 Å². The molecule has 1 aromatic heterocycles. The van der Waals surface area contributed by atoms with Crippen LogP contribution in [0.2, 0.25) is 0 Å². The normalized spacial score (nSPS) is 31.7. The summed E-state index contributed by atoms with van der Waals surface area (Å²) in [5, 5.41) is 10.9. The molecule has 2 aromatic rings. The average Bonchev–Trinajstić information content (AvgIpc) is 3.89. The van der Waals surface area contributed by atoms with E-state index in [9.17, 15) is 0 Å². The lowest BCUT2D eigenvalue weighted by atomic mass is 9.75. The minimum atomic E-state index is -0.0330. The van der Waals surface area contributed by atoms with Crippen molar-refractivity contribution in [3.05, 3.63) is 194 Å². The lowest BCUT2D eigenvalue weighted by molar-refractivity contribution is 0.286. The molecule has 0 saturated carbocycles. The molecule has 11 aliphatic rings. The molecule has 320 valence electrons. The van der Waals surface area contributed by atoms with Crippen LogP contribution in [0.5, 0.6) is 0 Å². The Morgan fingerprint density at radius 2 is 1.59 bits per heavy atom. The maximum atomic E-state index is 5.49. The summed E-state index contributed by atoms with van der Waals surface area (Å²) >= 11 is 0. The number of aliphatic imine (C=N–C) groups is 1. The Bertz CT molecular complexity index is 2900. The molecule has 2 aliphatic heterocycles. The van der Waals surface area contributed by atoms with Crippen molar-refractivity contribution in [2.24, 2.45) is 22.7 Å². The second-order valence-corrected chi connectivity index (χ2v) is 19.7. The summed E-state index contributed by atoms with van der Waals surface area (Å²) in [7, 11) is 0. The molecule has 1 saturated heterocycles. The van der Waals surface area contributed by atoms with Gasteiger partial charge in [0.2, 0.25) is 0 Å². The van der Waals surface area contributed by atoms with Crippen molar-refractivity contribution in [2.75, 3.05) is 0 Å². The maximum absolute atomic E-state index is 5.49. The molecule has 1 fully saturated rings. The zero-order chi connectivity index (χ0) is 42.1. The van der Waals surface area contributed by atoms with Crippen LogP contribution in [-0.4, -0.2) is 39.7 Å². The fraction of sp³-hybridized carbons (Fsp3) is 0.339. The molecule has 0 amide bonds. The Balaban J connectivity index is 0.924. The summed E-state index contributed by atoms with van der Waals surface area (Å²) in [5.74, 6) is 2.71. The Hall–Kier alpha value is -5.91. The van der Waals surface area contributed by atoms with E-state index in [4.69, 9.17) is 4.99 Å². The number of rotatable bonds is 6. The van der Waals surface area contributed by atoms with Crippen LogP contribution in [0.15, 0.2) is 166 Å². The molecular formula is C59H59N5. The third-order valence-electron chi connectivity index (χ3n) is 16.2. The summed E-state index contributed by atoms with van der Waals surface area (Å²) in [6, 6.07) is 9.97. The van der Waals surface area contributed by atoms with Gasteiger partial charge < -0.3 is 14.8 Å². The largest absolute Gasteiger partial charge is 0.359 e. The van der Waals surface area contributed by atoms with Gasteiger partial charge in [0.1, 0.15) is 12.0 Å². The van der Waals surface area contributed by atoms with Crippen LogP contribution in [0.25, 0.3) is 29.6 Å². The Labute approximate surface area is 378 Å². The van der Waals surface area contributed by atoms with E-state index in [1.807, 2.05) is 0 Å². The first-order chi connectivity index (χ1) is 31.7. The molecule has 13 rings (SSSR count). The predicted octanol–water partition coefficient (Wildman–Crippen LogP) is 10.5. The van der Waals surface area contributed by atoms with E-state index >= 15 is 0 Å². The highest BCUT2D eigenvalue weighted by Gasteiger charge is 2.51. The summed E-state index contributed by atoms with van der Waals surface area (Å²) in [5.41, 5.74) is 15.9. The molecule has 3 heterocycles. The predicted molar refractivity (Wildman–Crippen MR) is 265 cm³/mol. The Morgan fingerprint density at radius 3 is 2.48 bits per heavy atom. The summed E-state index contributed by atoms with van der Waals surface area (Å²) in [6.45, 7) is 0. The average molecular weight is 838 g/mol. The SMILES string of the molecule is C1=CCCC(C2=CC=CC(C3NC(C4=CC=C(n5c6c(c7c5=C(N5C8C=Cc9ccccc9C8C8C=CCCC85)C5=CC=CCC5C=7)C=CCC6)CC4)=NC(C4=CC=CCC4)N3)C2)=C1. The Morgan fingerprint density at radius 1 is 0.703 bits per heavy atom. The van der Waals surface area contributed by atoms with Gasteiger partial charge in [-0.2, -0.15) is 0 Å². The van der Waals surface area contributed by atoms with Crippen LogP contribution in [0.3, 0.4) is 0 Å². The molecule has 5 heteroatoms. The number of hydrogen-bond acceptors (Lipinski definition) is 4. The highest BCUT2D eigenvalue weighted by molar-refractivity contribution is 6.00. The van der Waals surface area contributed by atoms with Gasteiger partial charge in [0.25, 0.3) is 0 Å². The minimum Gasteiger partial charge on any atom is -0.359 e. The van der Waals surface area contributed by atoms with E-state index < -0.39 is 0 Å². The highest BCUT2D eigenvalue weighted by Crippen LogP contribution is 2.53. The van der Waals surface area contributed by atoms with Crippen molar-refractivity contribution >= 4 is 35.5 Å². The zero-order valence-corrected chi connectivity index (χ0v) is 36.9. The first-order valence-electron chi connectivity index (χ1n) is 24.6. The van der Waals surface area contributed by atoms with E-state index in [1.165, 1.54) is 78.6 Å². The van der Waals surface area contributed by atoms with Gasteiger partial charge in [-0.15, -0.1) is 0 Å².